The molecule has 0 unspecified atom stereocenters. The number of benzene rings is 2. The van der Waals surface area contributed by atoms with Crippen molar-refractivity contribution < 1.29 is 19.1 Å². The van der Waals surface area contributed by atoms with E-state index in [0.29, 0.717) is 46.9 Å². The summed E-state index contributed by atoms with van der Waals surface area (Å²) in [6, 6.07) is 16.5. The van der Waals surface area contributed by atoms with E-state index in [0.717, 1.165) is 23.4 Å². The van der Waals surface area contributed by atoms with Gasteiger partial charge in [-0.3, -0.25) is 14.4 Å². The number of anilines is 1. The fraction of sp³-hybridized carbons (Fsp3) is 0.286. The normalized spacial score (nSPS) is 17.1. The number of carbonyl (C=O) groups is 3. The van der Waals surface area contributed by atoms with Crippen molar-refractivity contribution in [2.75, 3.05) is 17.7 Å². The highest BCUT2D eigenvalue weighted by molar-refractivity contribution is 8.03. The third-order valence-corrected chi connectivity index (χ3v) is 7.13. The molecule has 2 aliphatic rings. The Balaban J connectivity index is 1.56. The molecular weight excluding hydrogens is 474 g/mol. The van der Waals surface area contributed by atoms with Crippen molar-refractivity contribution in [3.05, 3.63) is 81.5 Å². The number of Topliss-reactive ketones (excluding diaryl/α,β-unsaturated/α-hetero) is 2. The highest BCUT2D eigenvalue weighted by Gasteiger charge is 2.37. The van der Waals surface area contributed by atoms with Crippen molar-refractivity contribution in [3.8, 4) is 11.8 Å². The fourth-order valence-electron chi connectivity index (χ4n) is 4.42. The van der Waals surface area contributed by atoms with E-state index in [1.54, 1.807) is 24.3 Å². The number of hydrogen-bond acceptors (Lipinski definition) is 7. The number of carbonyl (C=O) groups excluding carboxylic acids is 3. The van der Waals surface area contributed by atoms with Gasteiger partial charge in [-0.05, 0) is 68.7 Å². The molecule has 8 heteroatoms. The number of dihydropyridines is 1. The monoisotopic (exact) mass is 501 g/mol. The number of thioether (sulfide) groups is 1. The van der Waals surface area contributed by atoms with Gasteiger partial charge < -0.3 is 15.4 Å². The molecule has 2 aromatic carbocycles. The molecule has 2 aromatic rings. The Morgan fingerprint density at radius 2 is 1.86 bits per heavy atom. The SMILES string of the molecule is CCOc1ccc([C@@H]2C(C#N)=C(SCC(=O)Nc3ccc(C(C)=O)cc3)NC3=C2C(=O)CCC3)cc1. The summed E-state index contributed by atoms with van der Waals surface area (Å²) < 4.78 is 5.55. The second-order valence-electron chi connectivity index (χ2n) is 8.55. The Labute approximate surface area is 214 Å². The highest BCUT2D eigenvalue weighted by atomic mass is 32.2. The van der Waals surface area contributed by atoms with E-state index in [1.807, 2.05) is 31.2 Å². The van der Waals surface area contributed by atoms with Crippen LogP contribution in [0.2, 0.25) is 0 Å². The standard InChI is InChI=1S/C28H27N3O4S/c1-3-35-21-13-9-19(10-14-21)26-22(15-29)28(31-23-5-4-6-24(33)27(23)26)36-16-25(34)30-20-11-7-18(8-12-20)17(2)32/h7-14,26,31H,3-6,16H2,1-2H3,(H,30,34)/t26-/m1/s1. The van der Waals surface area contributed by atoms with E-state index in [1.165, 1.54) is 18.7 Å². The predicted octanol–water partition coefficient (Wildman–Crippen LogP) is 5.09. The minimum atomic E-state index is -0.487. The topological polar surface area (TPSA) is 108 Å². The number of ketones is 2. The molecule has 7 nitrogen and oxygen atoms in total. The summed E-state index contributed by atoms with van der Waals surface area (Å²) in [4.78, 5) is 37.0. The van der Waals surface area contributed by atoms with Crippen LogP contribution >= 0.6 is 11.8 Å². The molecule has 1 heterocycles. The first kappa shape index (κ1) is 25.3. The Hall–Kier alpha value is -3.83. The lowest BCUT2D eigenvalue weighted by Gasteiger charge is -2.33. The molecule has 1 aliphatic heterocycles. The zero-order chi connectivity index (χ0) is 25.7. The van der Waals surface area contributed by atoms with Gasteiger partial charge in [-0.25, -0.2) is 0 Å². The number of hydrogen-bond donors (Lipinski definition) is 2. The molecule has 4 rings (SSSR count). The van der Waals surface area contributed by atoms with Crippen LogP contribution in [0.5, 0.6) is 5.75 Å². The predicted molar refractivity (Wildman–Crippen MR) is 140 cm³/mol. The maximum Gasteiger partial charge on any atom is 0.234 e. The number of nitrogens with zero attached hydrogens (tertiary/aromatic N) is 1. The van der Waals surface area contributed by atoms with Crippen molar-refractivity contribution >= 4 is 34.9 Å². The van der Waals surface area contributed by atoms with Gasteiger partial charge in [-0.1, -0.05) is 23.9 Å². The lowest BCUT2D eigenvalue weighted by molar-refractivity contribution is -0.116. The molecule has 0 spiro atoms. The molecule has 1 atom stereocenters. The van der Waals surface area contributed by atoms with Crippen LogP contribution in [0, 0.1) is 11.3 Å². The van der Waals surface area contributed by atoms with Gasteiger partial charge in [-0.2, -0.15) is 5.26 Å². The van der Waals surface area contributed by atoms with E-state index in [4.69, 9.17) is 4.74 Å². The second-order valence-corrected chi connectivity index (χ2v) is 9.54. The summed E-state index contributed by atoms with van der Waals surface area (Å²) in [6.07, 6.45) is 1.92. The molecule has 184 valence electrons. The highest BCUT2D eigenvalue weighted by Crippen LogP contribution is 2.44. The minimum Gasteiger partial charge on any atom is -0.494 e. The molecule has 2 N–H and O–H groups in total. The van der Waals surface area contributed by atoms with Gasteiger partial charge in [0.15, 0.2) is 11.6 Å². The van der Waals surface area contributed by atoms with Crippen LogP contribution in [0.3, 0.4) is 0 Å². The number of rotatable bonds is 8. The number of amides is 1. The second kappa shape index (κ2) is 11.3. The first-order valence-electron chi connectivity index (χ1n) is 11.8. The molecule has 0 saturated carbocycles. The summed E-state index contributed by atoms with van der Waals surface area (Å²) in [5.41, 5.74) is 3.90. The molecule has 0 bridgehead atoms. The first-order chi connectivity index (χ1) is 17.4. The summed E-state index contributed by atoms with van der Waals surface area (Å²) in [7, 11) is 0. The van der Waals surface area contributed by atoms with E-state index in [9.17, 15) is 19.6 Å². The van der Waals surface area contributed by atoms with E-state index in [-0.39, 0.29) is 23.2 Å². The first-order valence-corrected chi connectivity index (χ1v) is 12.8. The lowest BCUT2D eigenvalue weighted by atomic mass is 9.77. The molecule has 36 heavy (non-hydrogen) atoms. The number of nitriles is 1. The minimum absolute atomic E-state index is 0.0419. The Morgan fingerprint density at radius 1 is 1.14 bits per heavy atom. The van der Waals surface area contributed by atoms with Gasteiger partial charge in [-0.15, -0.1) is 0 Å². The largest absolute Gasteiger partial charge is 0.494 e. The van der Waals surface area contributed by atoms with Crippen molar-refractivity contribution in [1.82, 2.24) is 5.32 Å². The van der Waals surface area contributed by atoms with Crippen LogP contribution < -0.4 is 15.4 Å². The van der Waals surface area contributed by atoms with Crippen molar-refractivity contribution in [2.24, 2.45) is 0 Å². The number of nitrogens with one attached hydrogen (secondary N) is 2. The van der Waals surface area contributed by atoms with Crippen LogP contribution in [0.25, 0.3) is 0 Å². The molecule has 0 aromatic heterocycles. The lowest BCUT2D eigenvalue weighted by Crippen LogP contribution is -2.31. The quantitative estimate of drug-likeness (QED) is 0.485. The summed E-state index contributed by atoms with van der Waals surface area (Å²) >= 11 is 1.24. The Morgan fingerprint density at radius 3 is 2.50 bits per heavy atom. The van der Waals surface area contributed by atoms with E-state index >= 15 is 0 Å². The van der Waals surface area contributed by atoms with Gasteiger partial charge in [0.1, 0.15) is 5.75 Å². The van der Waals surface area contributed by atoms with E-state index < -0.39 is 5.92 Å². The maximum absolute atomic E-state index is 12.9. The zero-order valence-corrected chi connectivity index (χ0v) is 21.0. The fourth-order valence-corrected chi connectivity index (χ4v) is 5.28. The summed E-state index contributed by atoms with van der Waals surface area (Å²) in [6.45, 7) is 3.95. The van der Waals surface area contributed by atoms with Gasteiger partial charge in [0.05, 0.1) is 34.9 Å². The van der Waals surface area contributed by atoms with Crippen molar-refractivity contribution in [3.63, 3.8) is 0 Å². The van der Waals surface area contributed by atoms with Crippen LogP contribution in [0.4, 0.5) is 5.69 Å². The Kier molecular flexibility index (Phi) is 7.91. The third kappa shape index (κ3) is 5.52. The van der Waals surface area contributed by atoms with E-state index in [2.05, 4.69) is 16.7 Å². The van der Waals surface area contributed by atoms with Crippen LogP contribution in [0.15, 0.2) is 70.4 Å². The van der Waals surface area contributed by atoms with Crippen LogP contribution in [-0.4, -0.2) is 29.8 Å². The number of allylic oxidation sites excluding steroid dienone is 3. The molecule has 0 fully saturated rings. The summed E-state index contributed by atoms with van der Waals surface area (Å²) in [5.74, 6) is 0.0863. The molecule has 1 amide bonds. The zero-order valence-electron chi connectivity index (χ0n) is 20.2. The molecular formula is C28H27N3O4S. The molecule has 0 saturated heterocycles. The van der Waals surface area contributed by atoms with Gasteiger partial charge in [0.25, 0.3) is 0 Å². The van der Waals surface area contributed by atoms with Crippen LogP contribution in [0.1, 0.15) is 54.9 Å². The smallest absolute Gasteiger partial charge is 0.234 e. The molecule has 0 radical (unpaired) electrons. The van der Waals surface area contributed by atoms with Gasteiger partial charge >= 0.3 is 0 Å². The average molecular weight is 502 g/mol. The third-order valence-electron chi connectivity index (χ3n) is 6.11. The van der Waals surface area contributed by atoms with Gasteiger partial charge in [0, 0.05) is 28.9 Å². The molecule has 1 aliphatic carbocycles. The van der Waals surface area contributed by atoms with Crippen molar-refractivity contribution in [1.29, 1.82) is 5.26 Å². The average Bonchev–Trinajstić information content (AvgIpc) is 2.88. The van der Waals surface area contributed by atoms with Gasteiger partial charge in [0.2, 0.25) is 5.91 Å². The Bertz CT molecular complexity index is 1290. The summed E-state index contributed by atoms with van der Waals surface area (Å²) in [5, 5.41) is 16.8. The number of ether oxygens (including phenoxy) is 1. The van der Waals surface area contributed by atoms with Crippen LogP contribution in [-0.2, 0) is 9.59 Å². The van der Waals surface area contributed by atoms with Crippen molar-refractivity contribution in [2.45, 2.75) is 39.0 Å². The maximum atomic E-state index is 12.9.